The van der Waals surface area contributed by atoms with Crippen LogP contribution in [0.15, 0.2) is 88.7 Å². The minimum atomic E-state index is -0.0206. The van der Waals surface area contributed by atoms with Crippen LogP contribution in [0.25, 0.3) is 0 Å². The molecule has 1 N–H and O–H groups in total. The molecule has 2 aliphatic rings. The van der Waals surface area contributed by atoms with Gasteiger partial charge in [0.05, 0.1) is 5.70 Å². The molecule has 5 heteroatoms. The number of hydrogen-bond acceptors (Lipinski definition) is 5. The van der Waals surface area contributed by atoms with E-state index in [4.69, 9.17) is 4.99 Å². The molecule has 0 bridgehead atoms. The van der Waals surface area contributed by atoms with Crippen LogP contribution in [0.2, 0.25) is 0 Å². The van der Waals surface area contributed by atoms with E-state index in [9.17, 15) is 4.79 Å². The van der Waals surface area contributed by atoms with Crippen molar-refractivity contribution >= 4 is 11.5 Å². The van der Waals surface area contributed by atoms with Gasteiger partial charge in [-0.1, -0.05) is 45.9 Å². The standard InChI is InChI=1S/C31H46N4O/c1-9-23(4)25(6)21-35-22-28(13-12-26(35)7)31(20-27(8)36)33-30(24(5)10-2)15-14-29(11-3)34-18-16-32-17-19-34/h11-15,20-24,32H,7,9-10,16-19H2,1-6,8H3/b15-14-,25-21-,29-11+,31-20-,33-30-. The number of nitrogens with zero attached hydrogens (tertiary/aromatic N) is 3. The first-order chi connectivity index (χ1) is 17.2. The van der Waals surface area contributed by atoms with Crippen LogP contribution in [-0.4, -0.2) is 47.5 Å². The maximum absolute atomic E-state index is 12.2. The van der Waals surface area contributed by atoms with Gasteiger partial charge in [0, 0.05) is 67.3 Å². The number of piperazine rings is 1. The van der Waals surface area contributed by atoms with E-state index in [0.29, 0.717) is 11.6 Å². The first-order valence-electron chi connectivity index (χ1n) is 13.4. The average Bonchev–Trinajstić information content (AvgIpc) is 2.88. The Morgan fingerprint density at radius 3 is 2.36 bits per heavy atom. The molecule has 36 heavy (non-hydrogen) atoms. The van der Waals surface area contributed by atoms with Crippen LogP contribution in [0.4, 0.5) is 0 Å². The highest BCUT2D eigenvalue weighted by molar-refractivity contribution is 5.99. The Balaban J connectivity index is 2.47. The average molecular weight is 491 g/mol. The highest BCUT2D eigenvalue weighted by atomic mass is 16.1. The molecule has 2 unspecified atom stereocenters. The van der Waals surface area contributed by atoms with E-state index < -0.39 is 0 Å². The number of carbonyl (C=O) groups excluding carboxylic acids is 1. The van der Waals surface area contributed by atoms with Crippen molar-refractivity contribution in [2.75, 3.05) is 26.2 Å². The van der Waals surface area contributed by atoms with E-state index in [2.05, 4.69) is 82.8 Å². The third-order valence-corrected chi connectivity index (χ3v) is 7.00. The Kier molecular flexibility index (Phi) is 11.9. The smallest absolute Gasteiger partial charge is 0.154 e. The van der Waals surface area contributed by atoms with E-state index in [1.54, 1.807) is 13.0 Å². The second-order valence-electron chi connectivity index (χ2n) is 9.77. The van der Waals surface area contributed by atoms with Crippen LogP contribution in [0.3, 0.4) is 0 Å². The molecule has 0 aliphatic carbocycles. The second-order valence-corrected chi connectivity index (χ2v) is 9.77. The highest BCUT2D eigenvalue weighted by Gasteiger charge is 2.16. The maximum atomic E-state index is 12.2. The molecule has 0 radical (unpaired) electrons. The molecule has 2 heterocycles. The lowest BCUT2D eigenvalue weighted by atomic mass is 10.00. The normalized spacial score (nSPS) is 20.2. The Morgan fingerprint density at radius 2 is 1.78 bits per heavy atom. The monoisotopic (exact) mass is 490 g/mol. The predicted octanol–water partition coefficient (Wildman–Crippen LogP) is 6.53. The van der Waals surface area contributed by atoms with Crippen LogP contribution in [-0.2, 0) is 4.79 Å². The fourth-order valence-electron chi connectivity index (χ4n) is 4.00. The van der Waals surface area contributed by atoms with Gasteiger partial charge in [0.2, 0.25) is 0 Å². The fraction of sp³-hybridized carbons (Fsp3) is 0.484. The topological polar surface area (TPSA) is 47.9 Å². The number of nitrogens with one attached hydrogen (secondary N) is 1. The fourth-order valence-corrected chi connectivity index (χ4v) is 4.00. The number of rotatable bonds is 11. The third kappa shape index (κ3) is 8.63. The van der Waals surface area contributed by atoms with Crippen molar-refractivity contribution in [1.82, 2.24) is 15.1 Å². The van der Waals surface area contributed by atoms with E-state index in [1.165, 1.54) is 11.3 Å². The van der Waals surface area contributed by atoms with Gasteiger partial charge in [0.1, 0.15) is 0 Å². The summed E-state index contributed by atoms with van der Waals surface area (Å²) in [6.07, 6.45) is 18.3. The van der Waals surface area contributed by atoms with Gasteiger partial charge < -0.3 is 15.1 Å². The molecule has 2 rings (SSSR count). The second kappa shape index (κ2) is 14.6. The van der Waals surface area contributed by atoms with Crippen molar-refractivity contribution in [3.63, 3.8) is 0 Å². The minimum absolute atomic E-state index is 0.0206. The highest BCUT2D eigenvalue weighted by Crippen LogP contribution is 2.26. The van der Waals surface area contributed by atoms with Crippen molar-refractivity contribution < 1.29 is 4.79 Å². The molecule has 0 spiro atoms. The summed E-state index contributed by atoms with van der Waals surface area (Å²) in [5, 5.41) is 3.41. The molecular weight excluding hydrogens is 444 g/mol. The van der Waals surface area contributed by atoms with Gasteiger partial charge >= 0.3 is 0 Å². The van der Waals surface area contributed by atoms with Gasteiger partial charge in [-0.15, -0.1) is 0 Å². The van der Waals surface area contributed by atoms with Crippen LogP contribution in [0.5, 0.6) is 0 Å². The first kappa shape index (κ1) is 29.3. The molecule has 1 saturated heterocycles. The van der Waals surface area contributed by atoms with Gasteiger partial charge in [0.15, 0.2) is 5.78 Å². The SMILES string of the molecule is C=C1C=CC(C(=C/C(C)=O)/N=C(/C=C\C(=C/C)N2CCNCC2)C(C)CC)=CN1/C=C(/C)C(C)CC. The Morgan fingerprint density at radius 1 is 1.11 bits per heavy atom. The molecule has 0 aromatic rings. The van der Waals surface area contributed by atoms with Crippen LogP contribution in [0.1, 0.15) is 61.3 Å². The van der Waals surface area contributed by atoms with Crippen LogP contribution < -0.4 is 5.32 Å². The van der Waals surface area contributed by atoms with Crippen molar-refractivity contribution in [2.24, 2.45) is 16.8 Å². The van der Waals surface area contributed by atoms with Gasteiger partial charge in [-0.2, -0.15) is 0 Å². The molecule has 0 aromatic carbocycles. The molecule has 0 amide bonds. The maximum Gasteiger partial charge on any atom is 0.154 e. The Labute approximate surface area is 219 Å². The lowest BCUT2D eigenvalue weighted by Gasteiger charge is -2.30. The zero-order valence-electron chi connectivity index (χ0n) is 23.5. The molecule has 2 atom stereocenters. The summed E-state index contributed by atoms with van der Waals surface area (Å²) in [5.74, 6) is 0.724. The molecule has 5 nitrogen and oxygen atoms in total. The Bertz CT molecular complexity index is 1000. The summed E-state index contributed by atoms with van der Waals surface area (Å²) >= 11 is 0. The number of hydrogen-bond donors (Lipinski definition) is 1. The zero-order valence-corrected chi connectivity index (χ0v) is 23.5. The molecule has 0 aromatic heterocycles. The number of ketones is 1. The first-order valence-corrected chi connectivity index (χ1v) is 13.4. The van der Waals surface area contributed by atoms with E-state index in [0.717, 1.165) is 56.0 Å². The summed E-state index contributed by atoms with van der Waals surface area (Å²) in [6.45, 7) is 22.8. The van der Waals surface area contributed by atoms with Crippen molar-refractivity contribution in [3.05, 3.63) is 83.7 Å². The lowest BCUT2D eigenvalue weighted by molar-refractivity contribution is -0.112. The van der Waals surface area contributed by atoms with Crippen molar-refractivity contribution in [2.45, 2.75) is 61.3 Å². The van der Waals surface area contributed by atoms with Crippen molar-refractivity contribution in [3.8, 4) is 0 Å². The number of carbonyl (C=O) groups is 1. The van der Waals surface area contributed by atoms with Crippen LogP contribution in [0, 0.1) is 11.8 Å². The van der Waals surface area contributed by atoms with E-state index in [-0.39, 0.29) is 11.7 Å². The third-order valence-electron chi connectivity index (χ3n) is 7.00. The van der Waals surface area contributed by atoms with Crippen molar-refractivity contribution in [1.29, 1.82) is 0 Å². The summed E-state index contributed by atoms with van der Waals surface area (Å²) in [4.78, 5) is 21.7. The minimum Gasteiger partial charge on any atom is -0.369 e. The molecule has 2 aliphatic heterocycles. The predicted molar refractivity (Wildman–Crippen MR) is 154 cm³/mol. The molecule has 1 fully saturated rings. The Hall–Kier alpha value is -2.92. The molecule has 196 valence electrons. The van der Waals surface area contributed by atoms with E-state index >= 15 is 0 Å². The van der Waals surface area contributed by atoms with Gasteiger partial charge in [0.25, 0.3) is 0 Å². The largest absolute Gasteiger partial charge is 0.369 e. The van der Waals surface area contributed by atoms with Gasteiger partial charge in [-0.3, -0.25) is 9.79 Å². The molecule has 0 saturated carbocycles. The number of allylic oxidation sites excluding steroid dienone is 7. The van der Waals surface area contributed by atoms with Crippen LogP contribution >= 0.6 is 0 Å². The quantitative estimate of drug-likeness (QED) is 0.203. The number of aliphatic imine (C=N–C) groups is 1. The van der Waals surface area contributed by atoms with Gasteiger partial charge in [-0.05, 0) is 69.8 Å². The summed E-state index contributed by atoms with van der Waals surface area (Å²) in [7, 11) is 0. The summed E-state index contributed by atoms with van der Waals surface area (Å²) in [5.41, 5.74) is 5.93. The molecular formula is C31H46N4O. The lowest BCUT2D eigenvalue weighted by Crippen LogP contribution is -2.42. The van der Waals surface area contributed by atoms with E-state index in [1.807, 2.05) is 23.3 Å². The van der Waals surface area contributed by atoms with Gasteiger partial charge in [-0.25, -0.2) is 0 Å². The summed E-state index contributed by atoms with van der Waals surface area (Å²) in [6, 6.07) is 0. The summed E-state index contributed by atoms with van der Waals surface area (Å²) < 4.78 is 0. The zero-order chi connectivity index (χ0) is 26.7.